The van der Waals surface area contributed by atoms with Crippen LogP contribution in [0.25, 0.3) is 0 Å². The third-order valence-corrected chi connectivity index (χ3v) is 3.73. The van der Waals surface area contributed by atoms with Gasteiger partial charge in [-0.25, -0.2) is 21.6 Å². The Morgan fingerprint density at radius 3 is 2.42 bits per heavy atom. The van der Waals surface area contributed by atoms with Crippen molar-refractivity contribution >= 4 is 37.2 Å². The first kappa shape index (κ1) is 16.1. The van der Waals surface area contributed by atoms with Crippen LogP contribution in [0, 0.1) is 5.82 Å². The van der Waals surface area contributed by atoms with Crippen LogP contribution < -0.4 is 5.32 Å². The Bertz CT molecular complexity index is 607. The molecule has 0 spiro atoms. The number of carbonyl (C=O) groups is 1. The summed E-state index contributed by atoms with van der Waals surface area (Å²) in [7, 11) is 0.742. The average molecular weight is 336 g/mol. The molecule has 1 aromatic rings. The summed E-state index contributed by atoms with van der Waals surface area (Å²) in [4.78, 5) is 10.7. The predicted octanol–water partition coefficient (Wildman–Crippen LogP) is 2.40. The summed E-state index contributed by atoms with van der Waals surface area (Å²) < 4.78 is 59.4. The minimum Gasteiger partial charge on any atom is -0.346 e. The van der Waals surface area contributed by atoms with Crippen molar-refractivity contribution in [2.24, 2.45) is 0 Å². The number of amides is 1. The average Bonchev–Trinajstić information content (AvgIpc) is 2.24. The highest BCUT2D eigenvalue weighted by molar-refractivity contribution is 8.13. The molecule has 106 valence electrons. The van der Waals surface area contributed by atoms with Crippen LogP contribution in [0.5, 0.6) is 0 Å². The Morgan fingerprint density at radius 1 is 1.37 bits per heavy atom. The van der Waals surface area contributed by atoms with Crippen molar-refractivity contribution in [1.82, 2.24) is 5.32 Å². The maximum atomic E-state index is 13.4. The zero-order chi connectivity index (χ0) is 14.8. The molecule has 0 heterocycles. The minimum absolute atomic E-state index is 0.516. The van der Waals surface area contributed by atoms with Crippen molar-refractivity contribution in [3.63, 3.8) is 0 Å². The summed E-state index contributed by atoms with van der Waals surface area (Å²) in [6, 6.07) is 1.15. The van der Waals surface area contributed by atoms with E-state index in [1.807, 2.05) is 0 Å². The summed E-state index contributed by atoms with van der Waals surface area (Å²) in [6.07, 6.45) is -2.82. The van der Waals surface area contributed by atoms with Crippen molar-refractivity contribution < 1.29 is 26.4 Å². The van der Waals surface area contributed by atoms with E-state index >= 15 is 0 Å². The van der Waals surface area contributed by atoms with Gasteiger partial charge in [0.1, 0.15) is 10.7 Å². The van der Waals surface area contributed by atoms with Gasteiger partial charge in [-0.3, -0.25) is 4.79 Å². The van der Waals surface area contributed by atoms with Crippen LogP contribution in [0.15, 0.2) is 17.0 Å². The summed E-state index contributed by atoms with van der Waals surface area (Å²) in [5.41, 5.74) is -0.746. The molecular formula is C9H6Cl2F3NO3S. The molecule has 0 bridgehead atoms. The highest BCUT2D eigenvalue weighted by Crippen LogP contribution is 2.27. The van der Waals surface area contributed by atoms with E-state index in [2.05, 4.69) is 0 Å². The first-order valence-electron chi connectivity index (χ1n) is 4.63. The highest BCUT2D eigenvalue weighted by atomic mass is 35.7. The van der Waals surface area contributed by atoms with Crippen molar-refractivity contribution in [3.8, 4) is 0 Å². The molecule has 1 aromatic carbocycles. The van der Waals surface area contributed by atoms with E-state index in [1.165, 1.54) is 0 Å². The van der Waals surface area contributed by atoms with Crippen molar-refractivity contribution in [2.75, 3.05) is 6.54 Å². The predicted molar refractivity (Wildman–Crippen MR) is 62.8 cm³/mol. The molecule has 0 saturated heterocycles. The van der Waals surface area contributed by atoms with E-state index in [0.717, 1.165) is 0 Å². The smallest absolute Gasteiger partial charge is 0.262 e. The second-order valence-corrected chi connectivity index (χ2v) is 6.24. The molecule has 4 nitrogen and oxygen atoms in total. The largest absolute Gasteiger partial charge is 0.346 e. The summed E-state index contributed by atoms with van der Waals surface area (Å²) in [5.74, 6) is -2.35. The third kappa shape index (κ3) is 4.26. The Hall–Kier alpha value is -0.990. The molecule has 1 rings (SSSR count). The van der Waals surface area contributed by atoms with Gasteiger partial charge in [0, 0.05) is 10.7 Å². The molecular weight excluding hydrogens is 330 g/mol. The van der Waals surface area contributed by atoms with Gasteiger partial charge in [0.05, 0.1) is 17.1 Å². The van der Waals surface area contributed by atoms with E-state index in [0.29, 0.717) is 12.1 Å². The number of hydrogen-bond donors (Lipinski definition) is 1. The fourth-order valence-corrected chi connectivity index (χ4v) is 2.66. The number of benzene rings is 1. The third-order valence-electron chi connectivity index (χ3n) is 1.95. The number of carbonyl (C=O) groups excluding carboxylic acids is 1. The first-order chi connectivity index (χ1) is 8.62. The molecule has 0 aliphatic carbocycles. The van der Waals surface area contributed by atoms with E-state index in [-0.39, 0.29) is 0 Å². The van der Waals surface area contributed by atoms with Gasteiger partial charge in [-0.1, -0.05) is 11.6 Å². The van der Waals surface area contributed by atoms with Crippen LogP contribution in [0.3, 0.4) is 0 Å². The molecule has 0 aliphatic rings. The van der Waals surface area contributed by atoms with Gasteiger partial charge < -0.3 is 5.32 Å². The highest BCUT2D eigenvalue weighted by Gasteiger charge is 2.22. The standard InChI is InChI=1S/C9H6Cl2F3NO3S/c10-5-2-6(12)4(1-7(5)19(11,17)18)9(16)15-3-8(13)14/h1-2,8H,3H2,(H,15,16). The lowest BCUT2D eigenvalue weighted by Crippen LogP contribution is -2.29. The normalized spacial score (nSPS) is 11.7. The molecule has 1 N–H and O–H groups in total. The van der Waals surface area contributed by atoms with Crippen LogP contribution in [0.2, 0.25) is 5.02 Å². The van der Waals surface area contributed by atoms with Gasteiger partial charge in [0.15, 0.2) is 0 Å². The summed E-state index contributed by atoms with van der Waals surface area (Å²) in [5, 5.41) is 1.21. The summed E-state index contributed by atoms with van der Waals surface area (Å²) >= 11 is 5.46. The van der Waals surface area contributed by atoms with E-state index in [1.54, 1.807) is 5.32 Å². The van der Waals surface area contributed by atoms with Crippen molar-refractivity contribution in [1.29, 1.82) is 0 Å². The van der Waals surface area contributed by atoms with Gasteiger partial charge in [-0.15, -0.1) is 0 Å². The lowest BCUT2D eigenvalue weighted by molar-refractivity contribution is 0.0887. The van der Waals surface area contributed by atoms with E-state index < -0.39 is 49.2 Å². The fourth-order valence-electron chi connectivity index (χ4n) is 1.16. The second kappa shape index (κ2) is 5.98. The number of halogens is 5. The monoisotopic (exact) mass is 335 g/mol. The van der Waals surface area contributed by atoms with Crippen LogP contribution in [0.4, 0.5) is 13.2 Å². The summed E-state index contributed by atoms with van der Waals surface area (Å²) in [6.45, 7) is -0.996. The fraction of sp³-hybridized carbons (Fsp3) is 0.222. The maximum Gasteiger partial charge on any atom is 0.262 e. The maximum absolute atomic E-state index is 13.4. The number of nitrogens with one attached hydrogen (secondary N) is 1. The van der Waals surface area contributed by atoms with E-state index in [9.17, 15) is 26.4 Å². The SMILES string of the molecule is O=C(NCC(F)F)c1cc(S(=O)(=O)Cl)c(Cl)cc1F. The Kier molecular flexibility index (Phi) is 5.05. The Morgan fingerprint density at radius 2 is 1.95 bits per heavy atom. The Labute approximate surface area is 115 Å². The van der Waals surface area contributed by atoms with Crippen LogP contribution in [-0.4, -0.2) is 27.3 Å². The molecule has 0 fully saturated rings. The lowest BCUT2D eigenvalue weighted by atomic mass is 10.2. The zero-order valence-electron chi connectivity index (χ0n) is 8.96. The second-order valence-electron chi connectivity index (χ2n) is 3.30. The van der Waals surface area contributed by atoms with Gasteiger partial charge in [-0.2, -0.15) is 0 Å². The van der Waals surface area contributed by atoms with Crippen LogP contribution >= 0.6 is 22.3 Å². The molecule has 1 amide bonds. The molecule has 0 aliphatic heterocycles. The number of rotatable bonds is 4. The van der Waals surface area contributed by atoms with Crippen molar-refractivity contribution in [2.45, 2.75) is 11.3 Å². The van der Waals surface area contributed by atoms with E-state index in [4.69, 9.17) is 22.3 Å². The van der Waals surface area contributed by atoms with Gasteiger partial charge in [-0.05, 0) is 12.1 Å². The molecule has 0 saturated carbocycles. The molecule has 10 heteroatoms. The topological polar surface area (TPSA) is 63.2 Å². The van der Waals surface area contributed by atoms with Crippen molar-refractivity contribution in [3.05, 3.63) is 28.5 Å². The molecule has 19 heavy (non-hydrogen) atoms. The number of hydrogen-bond acceptors (Lipinski definition) is 3. The molecule has 0 atom stereocenters. The minimum atomic E-state index is -4.29. The van der Waals surface area contributed by atoms with Gasteiger partial charge in [0.2, 0.25) is 0 Å². The number of alkyl halides is 2. The van der Waals surface area contributed by atoms with Crippen LogP contribution in [-0.2, 0) is 9.05 Å². The zero-order valence-corrected chi connectivity index (χ0v) is 11.3. The quantitative estimate of drug-likeness (QED) is 0.859. The van der Waals surface area contributed by atoms with Crippen LogP contribution in [0.1, 0.15) is 10.4 Å². The first-order valence-corrected chi connectivity index (χ1v) is 7.31. The van der Waals surface area contributed by atoms with Gasteiger partial charge in [0.25, 0.3) is 21.4 Å². The lowest BCUT2D eigenvalue weighted by Gasteiger charge is -2.08. The van der Waals surface area contributed by atoms with Gasteiger partial charge >= 0.3 is 0 Å². The molecule has 0 unspecified atom stereocenters. The molecule has 0 radical (unpaired) electrons. The Balaban J connectivity index is 3.19. The molecule has 0 aromatic heterocycles.